The van der Waals surface area contributed by atoms with E-state index >= 15 is 0 Å². The van der Waals surface area contributed by atoms with E-state index in [2.05, 4.69) is 38.1 Å². The van der Waals surface area contributed by atoms with Gasteiger partial charge in [-0.25, -0.2) is 4.98 Å². The summed E-state index contributed by atoms with van der Waals surface area (Å²) in [5.74, 6) is 2.38. The van der Waals surface area contributed by atoms with Gasteiger partial charge in [-0.15, -0.1) is 0 Å². The number of hydrogen-bond donors (Lipinski definition) is 0. The third-order valence-corrected chi connectivity index (χ3v) is 9.20. The monoisotopic (exact) mass is 556 g/mol. The molecule has 2 heterocycles. The number of rotatable bonds is 5. The van der Waals surface area contributed by atoms with E-state index in [0.29, 0.717) is 11.4 Å². The van der Waals surface area contributed by atoms with Gasteiger partial charge < -0.3 is 14.2 Å². The topological polar surface area (TPSA) is 62.6 Å². The molecule has 6 heteroatoms. The first-order valence-corrected chi connectivity index (χ1v) is 14.1. The van der Waals surface area contributed by atoms with E-state index in [1.54, 1.807) is 25.8 Å². The Morgan fingerprint density at radius 1 is 0.857 bits per heavy atom. The SMILES string of the molecule is COc1ccc([C@@]23Oc4cc(OC)cc(C)c4C2(C)c2nc(-c4ccccc4)n(C)c(=O)c2[C@H]3c2ccccc2)cc1. The first kappa shape index (κ1) is 26.1. The van der Waals surface area contributed by atoms with Gasteiger partial charge in [-0.2, -0.15) is 0 Å². The van der Waals surface area contributed by atoms with Crippen LogP contribution in [0.2, 0.25) is 0 Å². The largest absolute Gasteiger partial charge is 0.497 e. The second-order valence-electron chi connectivity index (χ2n) is 11.3. The fourth-order valence-electron chi connectivity index (χ4n) is 7.37. The van der Waals surface area contributed by atoms with Crippen LogP contribution in [0, 0.1) is 6.92 Å². The molecule has 5 aromatic rings. The molecule has 0 N–H and O–H groups in total. The van der Waals surface area contributed by atoms with E-state index in [1.807, 2.05) is 72.8 Å². The molecule has 6 nitrogen and oxygen atoms in total. The molecule has 1 aliphatic heterocycles. The lowest BCUT2D eigenvalue weighted by atomic mass is 9.63. The Bertz CT molecular complexity index is 1880. The quantitative estimate of drug-likeness (QED) is 0.247. The van der Waals surface area contributed by atoms with Crippen molar-refractivity contribution in [3.8, 4) is 28.6 Å². The third kappa shape index (κ3) is 3.32. The lowest BCUT2D eigenvalue weighted by Gasteiger charge is -2.41. The normalized spacial score (nSPS) is 21.7. The summed E-state index contributed by atoms with van der Waals surface area (Å²) in [6.07, 6.45) is 0. The number of methoxy groups -OCH3 is 2. The van der Waals surface area contributed by atoms with Gasteiger partial charge in [-0.05, 0) is 48.7 Å². The summed E-state index contributed by atoms with van der Waals surface area (Å²) in [7, 11) is 5.13. The summed E-state index contributed by atoms with van der Waals surface area (Å²) < 4.78 is 20.2. The highest BCUT2D eigenvalue weighted by molar-refractivity contribution is 5.69. The lowest BCUT2D eigenvalue weighted by molar-refractivity contribution is 0.0340. The van der Waals surface area contributed by atoms with Crippen LogP contribution in [0.25, 0.3) is 11.4 Å². The molecule has 0 saturated carbocycles. The Morgan fingerprint density at radius 3 is 2.14 bits per heavy atom. The molecule has 2 aliphatic rings. The minimum Gasteiger partial charge on any atom is -0.497 e. The molecule has 42 heavy (non-hydrogen) atoms. The number of ether oxygens (including phenoxy) is 3. The molecule has 0 fully saturated rings. The smallest absolute Gasteiger partial charge is 0.257 e. The van der Waals surface area contributed by atoms with Gasteiger partial charge in [0.05, 0.1) is 36.8 Å². The van der Waals surface area contributed by atoms with Gasteiger partial charge in [-0.1, -0.05) is 72.8 Å². The molecule has 3 atom stereocenters. The molecule has 210 valence electrons. The highest BCUT2D eigenvalue weighted by Crippen LogP contribution is 2.69. The minimum atomic E-state index is -1.02. The van der Waals surface area contributed by atoms with Gasteiger partial charge in [0.1, 0.15) is 23.1 Å². The molecule has 0 radical (unpaired) electrons. The van der Waals surface area contributed by atoms with Gasteiger partial charge in [0.2, 0.25) is 0 Å². The molecule has 0 amide bonds. The third-order valence-electron chi connectivity index (χ3n) is 9.20. The number of aromatic nitrogens is 2. The molecule has 7 rings (SSSR count). The van der Waals surface area contributed by atoms with Crippen LogP contribution in [0.15, 0.2) is 102 Å². The van der Waals surface area contributed by atoms with Crippen molar-refractivity contribution in [1.82, 2.24) is 9.55 Å². The summed E-state index contributed by atoms with van der Waals surface area (Å²) in [6, 6.07) is 32.1. The minimum absolute atomic E-state index is 0.0764. The summed E-state index contributed by atoms with van der Waals surface area (Å²) >= 11 is 0. The van der Waals surface area contributed by atoms with Crippen LogP contribution < -0.4 is 19.8 Å². The van der Waals surface area contributed by atoms with Crippen LogP contribution in [-0.4, -0.2) is 23.8 Å². The van der Waals surface area contributed by atoms with Gasteiger partial charge >= 0.3 is 0 Å². The number of aryl methyl sites for hydroxylation is 1. The Hall–Kier alpha value is -4.84. The Balaban J connectivity index is 1.65. The van der Waals surface area contributed by atoms with E-state index in [0.717, 1.165) is 50.8 Å². The van der Waals surface area contributed by atoms with Crippen molar-refractivity contribution >= 4 is 0 Å². The summed E-state index contributed by atoms with van der Waals surface area (Å²) in [5, 5.41) is 0. The molecule has 0 bridgehead atoms. The van der Waals surface area contributed by atoms with E-state index in [9.17, 15) is 4.79 Å². The Morgan fingerprint density at radius 2 is 1.50 bits per heavy atom. The van der Waals surface area contributed by atoms with Crippen molar-refractivity contribution in [3.63, 3.8) is 0 Å². The molecule has 1 aliphatic carbocycles. The summed E-state index contributed by atoms with van der Waals surface area (Å²) in [5.41, 5.74) is 4.32. The highest BCUT2D eigenvalue weighted by atomic mass is 16.5. The van der Waals surface area contributed by atoms with Crippen LogP contribution in [0.4, 0.5) is 0 Å². The van der Waals surface area contributed by atoms with Crippen molar-refractivity contribution < 1.29 is 14.2 Å². The van der Waals surface area contributed by atoms with Crippen LogP contribution in [0.1, 0.15) is 46.4 Å². The average Bonchev–Trinajstić information content (AvgIpc) is 3.42. The number of nitrogens with zero attached hydrogens (tertiary/aromatic N) is 2. The molecule has 0 saturated heterocycles. The molecule has 1 aromatic heterocycles. The van der Waals surface area contributed by atoms with Crippen molar-refractivity contribution in [2.45, 2.75) is 30.8 Å². The standard InChI is InChI=1S/C36H32N2O4/c1-22-20-27(41-5)21-28-30(22)35(2)32-29(34(39)38(3)33(37-32)24-14-10-7-11-15-24)31(23-12-8-6-9-13-23)36(35,42-28)25-16-18-26(40-4)19-17-25/h6-21,31H,1-5H3/t31-,35?,36+/m1/s1. The maximum atomic E-state index is 14.6. The van der Waals surface area contributed by atoms with Gasteiger partial charge in [0, 0.05) is 24.2 Å². The fraction of sp³-hybridized carbons (Fsp3) is 0.222. The summed E-state index contributed by atoms with van der Waals surface area (Å²) in [4.78, 5) is 20.0. The molecular formula is C36H32N2O4. The molecule has 4 aromatic carbocycles. The van der Waals surface area contributed by atoms with E-state index in [4.69, 9.17) is 19.2 Å². The average molecular weight is 557 g/mol. The number of benzene rings is 4. The zero-order chi connectivity index (χ0) is 29.2. The Labute approximate surface area is 245 Å². The van der Waals surface area contributed by atoms with E-state index in [-0.39, 0.29) is 5.56 Å². The molecule has 1 unspecified atom stereocenters. The highest BCUT2D eigenvalue weighted by Gasteiger charge is 2.71. The zero-order valence-electron chi connectivity index (χ0n) is 24.3. The van der Waals surface area contributed by atoms with Gasteiger partial charge in [0.15, 0.2) is 5.60 Å². The first-order chi connectivity index (χ1) is 20.3. The maximum absolute atomic E-state index is 14.6. The van der Waals surface area contributed by atoms with Crippen molar-refractivity contribution in [2.75, 3.05) is 14.2 Å². The summed E-state index contributed by atoms with van der Waals surface area (Å²) in [6.45, 7) is 4.26. The molecule has 0 spiro atoms. The number of fused-ring (bicyclic) bond motifs is 5. The second kappa shape index (κ2) is 9.35. The van der Waals surface area contributed by atoms with Gasteiger partial charge in [0.25, 0.3) is 5.56 Å². The fourth-order valence-corrected chi connectivity index (χ4v) is 7.37. The predicted octanol–water partition coefficient (Wildman–Crippen LogP) is 6.51. The van der Waals surface area contributed by atoms with Crippen LogP contribution in [-0.2, 0) is 18.1 Å². The van der Waals surface area contributed by atoms with Crippen LogP contribution >= 0.6 is 0 Å². The van der Waals surface area contributed by atoms with Crippen molar-refractivity contribution in [3.05, 3.63) is 141 Å². The number of hydrogen-bond acceptors (Lipinski definition) is 5. The maximum Gasteiger partial charge on any atom is 0.257 e. The first-order valence-electron chi connectivity index (χ1n) is 14.1. The van der Waals surface area contributed by atoms with Crippen LogP contribution in [0.3, 0.4) is 0 Å². The van der Waals surface area contributed by atoms with E-state index < -0.39 is 16.9 Å². The van der Waals surface area contributed by atoms with E-state index in [1.165, 1.54) is 0 Å². The second-order valence-corrected chi connectivity index (χ2v) is 11.3. The zero-order valence-corrected chi connectivity index (χ0v) is 24.3. The van der Waals surface area contributed by atoms with Crippen LogP contribution in [0.5, 0.6) is 17.2 Å². The Kier molecular flexibility index (Phi) is 5.80. The lowest BCUT2D eigenvalue weighted by Crippen LogP contribution is -2.48. The van der Waals surface area contributed by atoms with Crippen molar-refractivity contribution in [2.24, 2.45) is 7.05 Å². The molecular weight excluding hydrogens is 524 g/mol. The van der Waals surface area contributed by atoms with Crippen molar-refractivity contribution in [1.29, 1.82) is 0 Å². The van der Waals surface area contributed by atoms with Gasteiger partial charge in [-0.3, -0.25) is 9.36 Å². The predicted molar refractivity (Wildman–Crippen MR) is 163 cm³/mol.